The fraction of sp³-hybridized carbons (Fsp3) is 0.640. The number of hydrogen-bond acceptors (Lipinski definition) is 4. The lowest BCUT2D eigenvalue weighted by molar-refractivity contribution is -0.142. The Balaban J connectivity index is 3.25. The highest BCUT2D eigenvalue weighted by Crippen LogP contribution is 2.24. The quantitative estimate of drug-likeness (QED) is 0.543. The summed E-state index contributed by atoms with van der Waals surface area (Å²) in [5, 5.41) is 5.63. The molecule has 7 heteroatoms. The van der Waals surface area contributed by atoms with Crippen molar-refractivity contribution in [1.82, 2.24) is 15.5 Å². The lowest BCUT2D eigenvalue weighted by atomic mass is 10.0. The van der Waals surface area contributed by atoms with Crippen LogP contribution in [0.1, 0.15) is 86.3 Å². The molecule has 0 spiro atoms. The highest BCUT2D eigenvalue weighted by atomic mass is 16.6. The summed E-state index contributed by atoms with van der Waals surface area (Å²) in [4.78, 5) is 40.7. The van der Waals surface area contributed by atoms with Gasteiger partial charge in [-0.05, 0) is 60.5 Å². The molecule has 32 heavy (non-hydrogen) atoms. The summed E-state index contributed by atoms with van der Waals surface area (Å²) in [6.45, 7) is 15.1. The Kier molecular flexibility index (Phi) is 10.2. The van der Waals surface area contributed by atoms with Crippen molar-refractivity contribution in [3.8, 4) is 0 Å². The van der Waals surface area contributed by atoms with Crippen molar-refractivity contribution in [3.63, 3.8) is 0 Å². The third-order valence-electron chi connectivity index (χ3n) is 4.56. The van der Waals surface area contributed by atoms with Gasteiger partial charge in [-0.15, -0.1) is 0 Å². The minimum absolute atomic E-state index is 0.252. The number of unbranched alkanes of at least 4 members (excludes halogenated alkanes) is 2. The van der Waals surface area contributed by atoms with Crippen molar-refractivity contribution in [3.05, 3.63) is 35.9 Å². The van der Waals surface area contributed by atoms with Crippen LogP contribution in [-0.2, 0) is 14.3 Å². The summed E-state index contributed by atoms with van der Waals surface area (Å²) >= 11 is 0. The largest absolute Gasteiger partial charge is 0.444 e. The van der Waals surface area contributed by atoms with Crippen LogP contribution in [0.4, 0.5) is 4.79 Å². The number of nitrogens with zero attached hydrogens (tertiary/aromatic N) is 1. The SMILES string of the molecule is CCCCCN(C(=O)C(C)NC(=O)OC(C)(C)C)C(C(=O)NC(C)(C)C)c1ccccc1. The molecule has 0 bridgehead atoms. The van der Waals surface area contributed by atoms with E-state index in [0.717, 1.165) is 24.8 Å². The second-order valence-electron chi connectivity index (χ2n) is 10.2. The zero-order chi connectivity index (χ0) is 24.5. The minimum Gasteiger partial charge on any atom is -0.444 e. The molecule has 1 aromatic rings. The molecule has 0 radical (unpaired) electrons. The number of benzene rings is 1. The van der Waals surface area contributed by atoms with Crippen LogP contribution in [0.3, 0.4) is 0 Å². The number of carbonyl (C=O) groups excluding carboxylic acids is 3. The van der Waals surface area contributed by atoms with E-state index in [1.807, 2.05) is 51.1 Å². The number of amides is 3. The topological polar surface area (TPSA) is 87.7 Å². The first-order valence-electron chi connectivity index (χ1n) is 11.4. The van der Waals surface area contributed by atoms with Crippen molar-refractivity contribution >= 4 is 17.9 Å². The predicted molar refractivity (Wildman–Crippen MR) is 127 cm³/mol. The van der Waals surface area contributed by atoms with Crippen LogP contribution < -0.4 is 10.6 Å². The molecular formula is C25H41N3O4. The Labute approximate surface area is 193 Å². The van der Waals surface area contributed by atoms with E-state index >= 15 is 0 Å². The van der Waals surface area contributed by atoms with E-state index in [2.05, 4.69) is 17.6 Å². The zero-order valence-electron chi connectivity index (χ0n) is 21.0. The van der Waals surface area contributed by atoms with Crippen LogP contribution in [0.5, 0.6) is 0 Å². The van der Waals surface area contributed by atoms with Crippen molar-refractivity contribution in [2.24, 2.45) is 0 Å². The first kappa shape index (κ1) is 27.5. The molecule has 0 aliphatic heterocycles. The highest BCUT2D eigenvalue weighted by molar-refractivity contribution is 5.92. The van der Waals surface area contributed by atoms with Crippen LogP contribution in [0.2, 0.25) is 0 Å². The molecule has 1 aromatic carbocycles. The first-order chi connectivity index (χ1) is 14.7. The van der Waals surface area contributed by atoms with E-state index in [-0.39, 0.29) is 11.8 Å². The highest BCUT2D eigenvalue weighted by Gasteiger charge is 2.35. The summed E-state index contributed by atoms with van der Waals surface area (Å²) in [5.74, 6) is -0.581. The smallest absolute Gasteiger partial charge is 0.408 e. The van der Waals surface area contributed by atoms with Crippen LogP contribution >= 0.6 is 0 Å². The molecule has 0 fully saturated rings. The van der Waals surface area contributed by atoms with Crippen molar-refractivity contribution in [1.29, 1.82) is 0 Å². The van der Waals surface area contributed by atoms with Crippen LogP contribution in [0, 0.1) is 0 Å². The number of hydrogen-bond donors (Lipinski definition) is 2. The molecule has 180 valence electrons. The molecule has 2 unspecified atom stereocenters. The van der Waals surface area contributed by atoms with E-state index in [1.54, 1.807) is 32.6 Å². The minimum atomic E-state index is -0.847. The number of carbonyl (C=O) groups is 3. The van der Waals surface area contributed by atoms with E-state index in [9.17, 15) is 14.4 Å². The van der Waals surface area contributed by atoms with Crippen LogP contribution in [0.15, 0.2) is 30.3 Å². The normalized spacial score (nSPS) is 13.6. The maximum absolute atomic E-state index is 13.5. The molecule has 2 N–H and O–H groups in total. The summed E-state index contributed by atoms with van der Waals surface area (Å²) in [6.07, 6.45) is 2.01. The van der Waals surface area contributed by atoms with Gasteiger partial charge in [0.1, 0.15) is 17.7 Å². The lowest BCUT2D eigenvalue weighted by Crippen LogP contribution is -2.54. The van der Waals surface area contributed by atoms with Gasteiger partial charge in [-0.3, -0.25) is 9.59 Å². The standard InChI is InChI=1S/C25H41N3O4/c1-9-10-14-17-28(22(30)18(2)26-23(31)32-25(6,7)8)20(19-15-12-11-13-16-19)21(29)27-24(3,4)5/h11-13,15-16,18,20H,9-10,14,17H2,1-8H3,(H,26,31)(H,27,29). The van der Waals surface area contributed by atoms with Crippen molar-refractivity contribution in [2.75, 3.05) is 6.54 Å². The van der Waals surface area contributed by atoms with Gasteiger partial charge in [0.2, 0.25) is 11.8 Å². The second kappa shape index (κ2) is 11.9. The maximum atomic E-state index is 13.5. The van der Waals surface area contributed by atoms with E-state index < -0.39 is 29.3 Å². The first-order valence-corrected chi connectivity index (χ1v) is 11.4. The van der Waals surface area contributed by atoms with Crippen molar-refractivity contribution in [2.45, 2.75) is 97.9 Å². The summed E-state index contributed by atoms with van der Waals surface area (Å²) in [5.41, 5.74) is -0.404. The Bertz CT molecular complexity index is 751. The molecule has 0 saturated heterocycles. The molecule has 0 saturated carbocycles. The molecule has 2 atom stereocenters. The molecule has 3 amide bonds. The molecule has 1 rings (SSSR count). The summed E-state index contributed by atoms with van der Waals surface area (Å²) in [7, 11) is 0. The van der Waals surface area contributed by atoms with E-state index in [1.165, 1.54) is 0 Å². The second-order valence-corrected chi connectivity index (χ2v) is 10.2. The number of rotatable bonds is 9. The Morgan fingerprint density at radius 2 is 1.59 bits per heavy atom. The third-order valence-corrected chi connectivity index (χ3v) is 4.56. The molecule has 7 nitrogen and oxygen atoms in total. The molecule has 0 aliphatic carbocycles. The van der Waals surface area contributed by atoms with E-state index in [4.69, 9.17) is 4.74 Å². The Morgan fingerprint density at radius 3 is 2.09 bits per heavy atom. The average molecular weight is 448 g/mol. The molecular weight excluding hydrogens is 406 g/mol. The van der Waals surface area contributed by atoms with Crippen LogP contribution in [-0.4, -0.2) is 46.5 Å². The van der Waals surface area contributed by atoms with Crippen molar-refractivity contribution < 1.29 is 19.1 Å². The van der Waals surface area contributed by atoms with Gasteiger partial charge in [0.15, 0.2) is 0 Å². The Hall–Kier alpha value is -2.57. The summed E-state index contributed by atoms with van der Waals surface area (Å²) < 4.78 is 5.30. The van der Waals surface area contributed by atoms with Gasteiger partial charge in [0.05, 0.1) is 0 Å². The lowest BCUT2D eigenvalue weighted by Gasteiger charge is -2.35. The van der Waals surface area contributed by atoms with Gasteiger partial charge >= 0.3 is 6.09 Å². The van der Waals surface area contributed by atoms with Gasteiger partial charge in [0, 0.05) is 12.1 Å². The number of nitrogens with one attached hydrogen (secondary N) is 2. The zero-order valence-corrected chi connectivity index (χ0v) is 21.0. The van der Waals surface area contributed by atoms with Gasteiger partial charge in [-0.25, -0.2) is 4.79 Å². The number of alkyl carbamates (subject to hydrolysis) is 1. The van der Waals surface area contributed by atoms with Gasteiger partial charge in [-0.2, -0.15) is 0 Å². The fourth-order valence-electron chi connectivity index (χ4n) is 3.24. The third kappa shape index (κ3) is 9.71. The number of ether oxygens (including phenoxy) is 1. The Morgan fingerprint density at radius 1 is 1.00 bits per heavy atom. The van der Waals surface area contributed by atoms with Gasteiger partial charge in [0.25, 0.3) is 0 Å². The monoisotopic (exact) mass is 447 g/mol. The molecule has 0 aromatic heterocycles. The van der Waals surface area contributed by atoms with Gasteiger partial charge in [-0.1, -0.05) is 50.1 Å². The molecule has 0 heterocycles. The van der Waals surface area contributed by atoms with Gasteiger partial charge < -0.3 is 20.3 Å². The van der Waals surface area contributed by atoms with Crippen LogP contribution in [0.25, 0.3) is 0 Å². The fourth-order valence-corrected chi connectivity index (χ4v) is 3.24. The average Bonchev–Trinajstić information content (AvgIpc) is 2.64. The predicted octanol–water partition coefficient (Wildman–Crippen LogP) is 4.57. The summed E-state index contributed by atoms with van der Waals surface area (Å²) in [6, 6.07) is 7.62. The maximum Gasteiger partial charge on any atom is 0.408 e. The molecule has 0 aliphatic rings. The van der Waals surface area contributed by atoms with E-state index in [0.29, 0.717) is 6.54 Å².